The van der Waals surface area contributed by atoms with Gasteiger partial charge in [0.05, 0.1) is 17.5 Å². The second kappa shape index (κ2) is 6.93. The monoisotopic (exact) mass is 377 g/mol. The molecule has 7 heteroatoms. The smallest absolute Gasteiger partial charge is 0.273 e. The van der Waals surface area contributed by atoms with E-state index in [1.54, 1.807) is 5.51 Å². The summed E-state index contributed by atoms with van der Waals surface area (Å²) in [6, 6.07) is 0. The third-order valence-electron chi connectivity index (χ3n) is 6.54. The Morgan fingerprint density at radius 1 is 1.08 bits per heavy atom. The summed E-state index contributed by atoms with van der Waals surface area (Å²) >= 11 is 1.45. The van der Waals surface area contributed by atoms with Crippen LogP contribution in [-0.4, -0.2) is 63.5 Å². The number of piperidine rings is 2. The molecule has 3 heterocycles. The van der Waals surface area contributed by atoms with Gasteiger partial charge >= 0.3 is 0 Å². The third-order valence-corrected chi connectivity index (χ3v) is 7.13. The summed E-state index contributed by atoms with van der Waals surface area (Å²) in [6.07, 6.45) is 6.83. The molecule has 142 valence electrons. The third kappa shape index (κ3) is 3.51. The van der Waals surface area contributed by atoms with Crippen molar-refractivity contribution in [2.75, 3.05) is 26.2 Å². The predicted molar refractivity (Wildman–Crippen MR) is 98.9 cm³/mol. The Bertz CT molecular complexity index is 664. The highest BCUT2D eigenvalue weighted by Gasteiger charge is 2.43. The number of hydrogen-bond acceptors (Lipinski definition) is 5. The van der Waals surface area contributed by atoms with Crippen molar-refractivity contribution in [2.24, 2.45) is 5.41 Å². The number of carbonyl (C=O) groups is 2. The molecule has 3 aliphatic rings. The highest BCUT2D eigenvalue weighted by Crippen LogP contribution is 2.41. The molecular weight excluding hydrogens is 350 g/mol. The minimum absolute atomic E-state index is 0.0380. The number of carbonyl (C=O) groups excluding carboxylic acids is 2. The molecule has 0 atom stereocenters. The maximum atomic E-state index is 12.6. The quantitative estimate of drug-likeness (QED) is 0.877. The topological polar surface area (TPSA) is 73.7 Å². The SMILES string of the molecule is O=C(CC1(O)CCC1)N1CCC2(CCCN(C(=O)c3cscn3)C2)CC1. The Balaban J connectivity index is 1.34. The second-order valence-electron chi connectivity index (χ2n) is 8.34. The number of thiazole rings is 1. The van der Waals surface area contributed by atoms with E-state index in [1.165, 1.54) is 11.3 Å². The lowest BCUT2D eigenvalue weighted by molar-refractivity contribution is -0.143. The number of rotatable bonds is 3. The molecule has 2 aliphatic heterocycles. The summed E-state index contributed by atoms with van der Waals surface area (Å²) in [5.74, 6) is 0.129. The summed E-state index contributed by atoms with van der Waals surface area (Å²) in [4.78, 5) is 33.2. The molecule has 0 bridgehead atoms. The molecule has 0 radical (unpaired) electrons. The van der Waals surface area contributed by atoms with Crippen molar-refractivity contribution in [1.82, 2.24) is 14.8 Å². The minimum atomic E-state index is -0.742. The van der Waals surface area contributed by atoms with Crippen LogP contribution in [0.25, 0.3) is 0 Å². The zero-order valence-corrected chi connectivity index (χ0v) is 16.0. The number of aromatic nitrogens is 1. The number of nitrogens with zero attached hydrogens (tertiary/aromatic N) is 3. The molecule has 6 nitrogen and oxygen atoms in total. The van der Waals surface area contributed by atoms with E-state index in [0.29, 0.717) is 5.69 Å². The van der Waals surface area contributed by atoms with Crippen molar-refractivity contribution in [3.8, 4) is 0 Å². The summed E-state index contributed by atoms with van der Waals surface area (Å²) < 4.78 is 0. The van der Waals surface area contributed by atoms with E-state index < -0.39 is 5.60 Å². The van der Waals surface area contributed by atoms with Gasteiger partial charge in [0.25, 0.3) is 5.91 Å². The van der Waals surface area contributed by atoms with E-state index in [2.05, 4.69) is 4.98 Å². The lowest BCUT2D eigenvalue weighted by atomic mass is 9.72. The molecule has 1 aromatic heterocycles. The molecule has 0 unspecified atom stereocenters. The fraction of sp³-hybridized carbons (Fsp3) is 0.737. The van der Waals surface area contributed by atoms with Crippen LogP contribution in [0.3, 0.4) is 0 Å². The van der Waals surface area contributed by atoms with Crippen molar-refractivity contribution >= 4 is 23.2 Å². The molecule has 2 amide bonds. The van der Waals surface area contributed by atoms with Gasteiger partial charge in [-0.25, -0.2) is 4.98 Å². The van der Waals surface area contributed by atoms with Gasteiger partial charge in [-0.05, 0) is 50.4 Å². The number of aliphatic hydroxyl groups is 1. The van der Waals surface area contributed by atoms with Gasteiger partial charge in [-0.3, -0.25) is 9.59 Å². The van der Waals surface area contributed by atoms with E-state index in [4.69, 9.17) is 0 Å². The first kappa shape index (κ1) is 17.9. The van der Waals surface area contributed by atoms with Crippen molar-refractivity contribution < 1.29 is 14.7 Å². The van der Waals surface area contributed by atoms with Crippen LogP contribution < -0.4 is 0 Å². The van der Waals surface area contributed by atoms with Crippen molar-refractivity contribution in [3.05, 3.63) is 16.6 Å². The molecule has 3 fully saturated rings. The average Bonchev–Trinajstić information content (AvgIpc) is 3.15. The Morgan fingerprint density at radius 2 is 1.85 bits per heavy atom. The Labute approximate surface area is 158 Å². The Kier molecular flexibility index (Phi) is 4.77. The van der Waals surface area contributed by atoms with Gasteiger partial charge in [-0.15, -0.1) is 11.3 Å². The lowest BCUT2D eigenvalue weighted by Crippen LogP contribution is -2.53. The van der Waals surface area contributed by atoms with Gasteiger partial charge in [-0.2, -0.15) is 0 Å². The molecule has 1 N–H and O–H groups in total. The van der Waals surface area contributed by atoms with E-state index in [9.17, 15) is 14.7 Å². The molecule has 1 spiro atoms. The lowest BCUT2D eigenvalue weighted by Gasteiger charge is -2.48. The van der Waals surface area contributed by atoms with Gasteiger partial charge in [0.1, 0.15) is 5.69 Å². The first-order valence-electron chi connectivity index (χ1n) is 9.66. The van der Waals surface area contributed by atoms with Gasteiger partial charge < -0.3 is 14.9 Å². The molecule has 1 saturated carbocycles. The van der Waals surface area contributed by atoms with E-state index >= 15 is 0 Å². The van der Waals surface area contributed by atoms with Crippen LogP contribution in [0.1, 0.15) is 61.9 Å². The summed E-state index contributed by atoms with van der Waals surface area (Å²) in [7, 11) is 0. The molecule has 0 aromatic carbocycles. The summed E-state index contributed by atoms with van der Waals surface area (Å²) in [5.41, 5.74) is 1.64. The summed E-state index contributed by atoms with van der Waals surface area (Å²) in [6.45, 7) is 3.06. The van der Waals surface area contributed by atoms with Crippen LogP contribution in [0, 0.1) is 5.41 Å². The first-order chi connectivity index (χ1) is 12.5. The van der Waals surface area contributed by atoms with Crippen molar-refractivity contribution in [3.63, 3.8) is 0 Å². The molecule has 2 saturated heterocycles. The summed E-state index contributed by atoms with van der Waals surface area (Å²) in [5, 5.41) is 12.1. The molecular formula is C19H27N3O3S. The fourth-order valence-corrected chi connectivity index (χ4v) is 5.18. The second-order valence-corrected chi connectivity index (χ2v) is 9.06. The minimum Gasteiger partial charge on any atom is -0.389 e. The van der Waals surface area contributed by atoms with Crippen molar-refractivity contribution in [1.29, 1.82) is 0 Å². The van der Waals surface area contributed by atoms with E-state index in [-0.39, 0.29) is 23.7 Å². The van der Waals surface area contributed by atoms with Crippen molar-refractivity contribution in [2.45, 2.75) is 57.0 Å². The number of hydrogen-bond donors (Lipinski definition) is 1. The predicted octanol–water partition coefficient (Wildman–Crippen LogP) is 2.29. The van der Waals surface area contributed by atoms with Gasteiger partial charge in [0.2, 0.25) is 5.91 Å². The highest BCUT2D eigenvalue weighted by molar-refractivity contribution is 7.07. The standard InChI is InChI=1S/C19H27N3O3S/c23-16(11-19(25)4-1-5-19)21-9-6-18(7-10-21)3-2-8-22(13-18)17(24)15-12-26-14-20-15/h12,14,25H,1-11,13H2. The van der Waals surface area contributed by atoms with Crippen LogP contribution in [0.4, 0.5) is 0 Å². The van der Waals surface area contributed by atoms with Crippen LogP contribution >= 0.6 is 11.3 Å². The molecule has 1 aliphatic carbocycles. The fourth-order valence-electron chi connectivity index (χ4n) is 4.65. The first-order valence-corrected chi connectivity index (χ1v) is 10.6. The average molecular weight is 378 g/mol. The van der Waals surface area contributed by atoms with Gasteiger partial charge in [0.15, 0.2) is 0 Å². The zero-order chi connectivity index (χ0) is 18.2. The molecule has 1 aromatic rings. The van der Waals surface area contributed by atoms with Crippen LogP contribution in [0.5, 0.6) is 0 Å². The molecule has 26 heavy (non-hydrogen) atoms. The number of likely N-dealkylation sites (tertiary alicyclic amines) is 2. The van der Waals surface area contributed by atoms with Crippen LogP contribution in [0.2, 0.25) is 0 Å². The largest absolute Gasteiger partial charge is 0.389 e. The maximum absolute atomic E-state index is 12.6. The normalized spacial score (nSPS) is 24.3. The van der Waals surface area contributed by atoms with Gasteiger partial charge in [-0.1, -0.05) is 0 Å². The Hall–Kier alpha value is -1.47. The van der Waals surface area contributed by atoms with E-state index in [0.717, 1.165) is 71.1 Å². The van der Waals surface area contributed by atoms with Gasteiger partial charge in [0, 0.05) is 31.6 Å². The maximum Gasteiger partial charge on any atom is 0.273 e. The van der Waals surface area contributed by atoms with Crippen LogP contribution in [-0.2, 0) is 4.79 Å². The molecule has 4 rings (SSSR count). The zero-order valence-electron chi connectivity index (χ0n) is 15.2. The highest BCUT2D eigenvalue weighted by atomic mass is 32.1. The number of amides is 2. The Morgan fingerprint density at radius 3 is 2.46 bits per heavy atom. The van der Waals surface area contributed by atoms with Crippen LogP contribution in [0.15, 0.2) is 10.9 Å². The van der Waals surface area contributed by atoms with E-state index in [1.807, 2.05) is 15.2 Å².